The third kappa shape index (κ3) is 3.67. The van der Waals surface area contributed by atoms with Crippen LogP contribution in [-0.4, -0.2) is 47.4 Å². The molecule has 1 aliphatic rings. The van der Waals surface area contributed by atoms with E-state index in [4.69, 9.17) is 15.3 Å². The Morgan fingerprint density at radius 1 is 1.30 bits per heavy atom. The molecule has 1 fully saturated rings. The maximum atomic E-state index is 5.53. The smallest absolute Gasteiger partial charge is 0.323 e. The molecule has 0 saturated carbocycles. The van der Waals surface area contributed by atoms with Crippen molar-refractivity contribution < 1.29 is 9.47 Å². The Morgan fingerprint density at radius 2 is 2.00 bits per heavy atom. The van der Waals surface area contributed by atoms with E-state index >= 15 is 0 Å². The minimum atomic E-state index is -0.00994. The number of anilines is 2. The second-order valence-electron chi connectivity index (χ2n) is 5.01. The molecule has 0 atom stereocenters. The van der Waals surface area contributed by atoms with Gasteiger partial charge in [-0.05, 0) is 26.7 Å². The van der Waals surface area contributed by atoms with E-state index in [1.54, 1.807) is 0 Å². The Bertz CT molecular complexity index is 436. The number of nitrogens with zero attached hydrogens (tertiary/aromatic N) is 4. The van der Waals surface area contributed by atoms with E-state index in [9.17, 15) is 0 Å². The van der Waals surface area contributed by atoms with Gasteiger partial charge in [0.25, 0.3) is 0 Å². The van der Waals surface area contributed by atoms with Crippen molar-refractivity contribution in [3.05, 3.63) is 0 Å². The van der Waals surface area contributed by atoms with Crippen molar-refractivity contribution in [1.29, 1.82) is 0 Å². The molecule has 0 amide bonds. The molecule has 0 spiro atoms. The highest BCUT2D eigenvalue weighted by molar-refractivity contribution is 5.38. The van der Waals surface area contributed by atoms with Gasteiger partial charge in [0.1, 0.15) is 0 Å². The van der Waals surface area contributed by atoms with Gasteiger partial charge in [-0.1, -0.05) is 0 Å². The molecule has 1 aromatic heterocycles. The number of nitrogens with one attached hydrogen (secondary N) is 1. The topological polar surface area (TPSA) is 98.4 Å². The van der Waals surface area contributed by atoms with E-state index < -0.39 is 0 Å². The summed E-state index contributed by atoms with van der Waals surface area (Å²) in [6.45, 7) is 5.36. The molecule has 0 radical (unpaired) electrons. The van der Waals surface area contributed by atoms with E-state index in [2.05, 4.69) is 20.4 Å². The van der Waals surface area contributed by atoms with Gasteiger partial charge in [0.05, 0.1) is 6.10 Å². The molecule has 1 saturated heterocycles. The number of nitrogen functional groups attached to an aromatic ring is 1. The first-order valence-corrected chi connectivity index (χ1v) is 6.80. The Balaban J connectivity index is 2.20. The molecule has 1 aromatic rings. The van der Waals surface area contributed by atoms with Crippen LogP contribution in [0.15, 0.2) is 0 Å². The number of ether oxygens (including phenoxy) is 2. The van der Waals surface area contributed by atoms with E-state index in [1.807, 2.05) is 25.8 Å². The highest BCUT2D eigenvalue weighted by Crippen LogP contribution is 2.20. The van der Waals surface area contributed by atoms with Gasteiger partial charge in [-0.2, -0.15) is 15.0 Å². The van der Waals surface area contributed by atoms with Crippen LogP contribution in [0.2, 0.25) is 0 Å². The predicted octanol–water partition coefficient (Wildman–Crippen LogP) is 0.560. The minimum absolute atomic E-state index is 0.00994. The van der Waals surface area contributed by atoms with Crippen LogP contribution in [0.1, 0.15) is 26.7 Å². The van der Waals surface area contributed by atoms with Gasteiger partial charge in [0.15, 0.2) is 0 Å². The molecule has 0 bridgehead atoms. The molecule has 0 unspecified atom stereocenters. The quantitative estimate of drug-likeness (QED) is 0.597. The number of aromatic nitrogens is 3. The fourth-order valence-electron chi connectivity index (χ4n) is 2.07. The Labute approximate surface area is 118 Å². The Kier molecular flexibility index (Phi) is 4.91. The predicted molar refractivity (Wildman–Crippen MR) is 75.6 cm³/mol. The molecule has 3 N–H and O–H groups in total. The summed E-state index contributed by atoms with van der Waals surface area (Å²) in [7, 11) is 1.96. The first-order chi connectivity index (χ1) is 9.60. The summed E-state index contributed by atoms with van der Waals surface area (Å²) < 4.78 is 10.9. The maximum Gasteiger partial charge on any atom is 0.323 e. The van der Waals surface area contributed by atoms with Crippen LogP contribution in [0.3, 0.4) is 0 Å². The van der Waals surface area contributed by atoms with Gasteiger partial charge in [0, 0.05) is 26.3 Å². The molecule has 0 aromatic carbocycles. The zero-order valence-corrected chi connectivity index (χ0v) is 12.2. The molecule has 8 nitrogen and oxygen atoms in total. The molecule has 112 valence electrons. The minimum Gasteiger partial charge on any atom is -0.461 e. The number of hydrogen-bond donors (Lipinski definition) is 2. The number of rotatable bonds is 5. The monoisotopic (exact) mass is 282 g/mol. The Hall–Kier alpha value is -1.67. The van der Waals surface area contributed by atoms with Crippen molar-refractivity contribution in [3.63, 3.8) is 0 Å². The van der Waals surface area contributed by atoms with Crippen molar-refractivity contribution in [3.8, 4) is 6.01 Å². The van der Waals surface area contributed by atoms with Crippen molar-refractivity contribution in [2.45, 2.75) is 38.8 Å². The van der Waals surface area contributed by atoms with E-state index in [-0.39, 0.29) is 12.1 Å². The lowest BCUT2D eigenvalue weighted by Gasteiger charge is -2.31. The van der Waals surface area contributed by atoms with E-state index in [0.717, 1.165) is 26.1 Å². The number of nitrogens with two attached hydrogens (primary N) is 1. The first kappa shape index (κ1) is 14.7. The van der Waals surface area contributed by atoms with E-state index in [0.29, 0.717) is 17.9 Å². The highest BCUT2D eigenvalue weighted by atomic mass is 16.5. The fraction of sp³-hybridized carbons (Fsp3) is 0.750. The molecular formula is C12H22N6O2. The highest BCUT2D eigenvalue weighted by Gasteiger charge is 2.22. The van der Waals surface area contributed by atoms with Crippen LogP contribution < -0.4 is 20.9 Å². The summed E-state index contributed by atoms with van der Waals surface area (Å²) in [5, 5.41) is 0. The molecule has 0 aliphatic carbocycles. The Morgan fingerprint density at radius 3 is 2.60 bits per heavy atom. The van der Waals surface area contributed by atoms with Gasteiger partial charge in [0.2, 0.25) is 11.9 Å². The van der Waals surface area contributed by atoms with Crippen LogP contribution in [0, 0.1) is 0 Å². The summed E-state index contributed by atoms with van der Waals surface area (Å²) in [6.07, 6.45) is 1.89. The van der Waals surface area contributed by atoms with Crippen molar-refractivity contribution >= 4 is 11.9 Å². The average Bonchev–Trinajstić information content (AvgIpc) is 2.46. The van der Waals surface area contributed by atoms with Gasteiger partial charge < -0.3 is 14.4 Å². The van der Waals surface area contributed by atoms with Gasteiger partial charge in [-0.25, -0.2) is 5.84 Å². The lowest BCUT2D eigenvalue weighted by molar-refractivity contribution is 0.0851. The lowest BCUT2D eigenvalue weighted by atomic mass is 10.1. The molecule has 1 aliphatic heterocycles. The standard InChI is InChI=1S/C12H22N6O2/c1-8(2)20-12-15-10(17-13)14-11(16-12)18(3)9-4-6-19-7-5-9/h8-9H,4-7,13H2,1-3H3,(H,14,15,16,17). The van der Waals surface area contributed by atoms with E-state index in [1.165, 1.54) is 0 Å². The first-order valence-electron chi connectivity index (χ1n) is 6.80. The summed E-state index contributed by atoms with van der Waals surface area (Å²) in [5.41, 5.74) is 2.45. The van der Waals surface area contributed by atoms with Crippen LogP contribution in [0.25, 0.3) is 0 Å². The second kappa shape index (κ2) is 6.67. The third-order valence-electron chi connectivity index (χ3n) is 3.13. The van der Waals surface area contributed by atoms with Crippen molar-refractivity contribution in [2.75, 3.05) is 30.6 Å². The fourth-order valence-corrected chi connectivity index (χ4v) is 2.07. The van der Waals surface area contributed by atoms with Crippen LogP contribution in [0.5, 0.6) is 6.01 Å². The number of hydrazine groups is 1. The zero-order chi connectivity index (χ0) is 14.5. The van der Waals surface area contributed by atoms with Crippen molar-refractivity contribution in [2.24, 2.45) is 5.84 Å². The van der Waals surface area contributed by atoms with Gasteiger partial charge in [-0.15, -0.1) is 0 Å². The lowest BCUT2D eigenvalue weighted by Crippen LogP contribution is -2.38. The van der Waals surface area contributed by atoms with Crippen LogP contribution >= 0.6 is 0 Å². The summed E-state index contributed by atoms with van der Waals surface area (Å²) in [6, 6.07) is 0.625. The van der Waals surface area contributed by atoms with Gasteiger partial charge in [-0.3, -0.25) is 5.43 Å². The molecule has 2 rings (SSSR count). The molecule has 20 heavy (non-hydrogen) atoms. The van der Waals surface area contributed by atoms with Crippen molar-refractivity contribution in [1.82, 2.24) is 15.0 Å². The van der Waals surface area contributed by atoms with Crippen LogP contribution in [0.4, 0.5) is 11.9 Å². The normalized spacial score (nSPS) is 16.2. The van der Waals surface area contributed by atoms with Crippen LogP contribution in [-0.2, 0) is 4.74 Å². The SMILES string of the molecule is CC(C)Oc1nc(NN)nc(N(C)C2CCOCC2)n1. The third-order valence-corrected chi connectivity index (χ3v) is 3.13. The zero-order valence-electron chi connectivity index (χ0n) is 12.2. The molecule has 8 heteroatoms. The largest absolute Gasteiger partial charge is 0.461 e. The van der Waals surface area contributed by atoms with Gasteiger partial charge >= 0.3 is 6.01 Å². The molecule has 2 heterocycles. The number of hydrogen-bond acceptors (Lipinski definition) is 8. The second-order valence-corrected chi connectivity index (χ2v) is 5.01. The summed E-state index contributed by atoms with van der Waals surface area (Å²) in [5.74, 6) is 6.25. The summed E-state index contributed by atoms with van der Waals surface area (Å²) in [4.78, 5) is 14.7. The molecular weight excluding hydrogens is 260 g/mol. The summed E-state index contributed by atoms with van der Waals surface area (Å²) >= 11 is 0. The average molecular weight is 282 g/mol. The maximum absolute atomic E-state index is 5.53.